The first-order valence-electron chi connectivity index (χ1n) is 12.6. The quantitative estimate of drug-likeness (QED) is 0.264. The Morgan fingerprint density at radius 2 is 1.84 bits per heavy atom. The van der Waals surface area contributed by atoms with Gasteiger partial charge in [0, 0.05) is 21.4 Å². The molecule has 0 saturated carbocycles. The molecule has 8 heteroatoms. The molecule has 6 nitrogen and oxygen atoms in total. The predicted octanol–water partition coefficient (Wildman–Crippen LogP) is 7.21. The maximum absolute atomic E-state index is 13.6. The molecule has 192 valence electrons. The van der Waals surface area contributed by atoms with Crippen molar-refractivity contribution in [3.05, 3.63) is 63.0 Å². The fourth-order valence-corrected chi connectivity index (χ4v) is 7.04. The lowest BCUT2D eigenvalue weighted by Gasteiger charge is -2.19. The van der Waals surface area contributed by atoms with Crippen LogP contribution in [0.25, 0.3) is 21.3 Å². The number of fused-ring (bicyclic) bond motifs is 2. The minimum absolute atomic E-state index is 0.177. The summed E-state index contributed by atoms with van der Waals surface area (Å²) >= 11 is 2.76. The van der Waals surface area contributed by atoms with Gasteiger partial charge in [0.15, 0.2) is 0 Å². The van der Waals surface area contributed by atoms with Crippen molar-refractivity contribution < 1.29 is 14.3 Å². The second kappa shape index (κ2) is 9.91. The number of thiophene rings is 2. The van der Waals surface area contributed by atoms with Crippen LogP contribution >= 0.6 is 22.7 Å². The molecule has 4 aromatic rings. The van der Waals surface area contributed by atoms with Crippen molar-refractivity contribution in [1.82, 2.24) is 4.98 Å². The van der Waals surface area contributed by atoms with E-state index in [2.05, 4.69) is 32.2 Å². The number of esters is 1. The van der Waals surface area contributed by atoms with E-state index in [4.69, 9.17) is 15.5 Å². The number of carbonyl (C=O) groups is 2. The Morgan fingerprint density at radius 1 is 1.11 bits per heavy atom. The van der Waals surface area contributed by atoms with Crippen LogP contribution in [0.5, 0.6) is 0 Å². The Balaban J connectivity index is 1.60. The van der Waals surface area contributed by atoms with E-state index in [9.17, 15) is 9.59 Å². The van der Waals surface area contributed by atoms with Gasteiger partial charge in [0.1, 0.15) is 14.7 Å². The van der Waals surface area contributed by atoms with Gasteiger partial charge in [-0.25, -0.2) is 9.78 Å². The van der Waals surface area contributed by atoms with Crippen LogP contribution in [-0.4, -0.2) is 23.5 Å². The Hall–Kier alpha value is -3.23. The second-order valence-corrected chi connectivity index (χ2v) is 12.4. The van der Waals surface area contributed by atoms with Gasteiger partial charge in [-0.15, -0.1) is 22.7 Å². The molecule has 0 bridgehead atoms. The summed E-state index contributed by atoms with van der Waals surface area (Å²) in [7, 11) is 0. The number of carbonyl (C=O) groups excluding carboxylic acids is 2. The number of pyridine rings is 1. The molecular formula is C29H31N3O3S2. The third-order valence-corrected chi connectivity index (χ3v) is 8.94. The number of aryl methyl sites for hydroxylation is 1. The standard InChI is InChI=1S/C29H31N3O3S2/c1-5-35-28(34)22-17-13-9-10-14-19(17)36-27(22)32-25(33)24-23(30)21-18(16-11-7-6-8-12-16)15-20(29(2,3)4)31-26(21)37-24/h6-8,11-12,15H,5,9-10,13-14,30H2,1-4H3,(H,32,33). The molecule has 1 aliphatic carbocycles. The minimum atomic E-state index is -0.385. The SMILES string of the molecule is CCOC(=O)c1c(NC(=O)c2sc3nc(C(C)(C)C)cc(-c4ccccc4)c3c2N)sc2c1CCCC2. The van der Waals surface area contributed by atoms with Gasteiger partial charge < -0.3 is 15.8 Å². The van der Waals surface area contributed by atoms with Crippen molar-refractivity contribution in [2.45, 2.75) is 58.8 Å². The number of hydrogen-bond acceptors (Lipinski definition) is 7. The minimum Gasteiger partial charge on any atom is -0.462 e. The summed E-state index contributed by atoms with van der Waals surface area (Å²) in [6, 6.07) is 12.1. The molecule has 3 N–H and O–H groups in total. The summed E-state index contributed by atoms with van der Waals surface area (Å²) in [5.41, 5.74) is 11.3. The maximum Gasteiger partial charge on any atom is 0.341 e. The lowest BCUT2D eigenvalue weighted by molar-refractivity contribution is 0.0526. The zero-order chi connectivity index (χ0) is 26.3. The highest BCUT2D eigenvalue weighted by atomic mass is 32.1. The summed E-state index contributed by atoms with van der Waals surface area (Å²) in [4.78, 5) is 33.7. The second-order valence-electron chi connectivity index (χ2n) is 10.3. The van der Waals surface area contributed by atoms with E-state index in [0.29, 0.717) is 21.1 Å². The number of anilines is 2. The number of nitrogens with zero attached hydrogens (tertiary/aromatic N) is 1. The van der Waals surface area contributed by atoms with Gasteiger partial charge in [-0.1, -0.05) is 51.1 Å². The monoisotopic (exact) mass is 533 g/mol. The number of hydrogen-bond donors (Lipinski definition) is 2. The van der Waals surface area contributed by atoms with Gasteiger partial charge in [-0.2, -0.15) is 0 Å². The number of nitrogens with two attached hydrogens (primary N) is 1. The van der Waals surface area contributed by atoms with E-state index in [-0.39, 0.29) is 23.9 Å². The molecular weight excluding hydrogens is 502 g/mol. The van der Waals surface area contributed by atoms with Crippen LogP contribution in [0.2, 0.25) is 0 Å². The Labute approximate surface area is 224 Å². The summed E-state index contributed by atoms with van der Waals surface area (Å²) in [6.07, 6.45) is 3.83. The van der Waals surface area contributed by atoms with Crippen LogP contribution in [-0.2, 0) is 23.0 Å². The van der Waals surface area contributed by atoms with Crippen LogP contribution in [0.4, 0.5) is 10.7 Å². The van der Waals surface area contributed by atoms with E-state index in [0.717, 1.165) is 63.2 Å². The number of ether oxygens (including phenoxy) is 1. The largest absolute Gasteiger partial charge is 0.462 e. The lowest BCUT2D eigenvalue weighted by Crippen LogP contribution is -2.15. The van der Waals surface area contributed by atoms with Crippen LogP contribution in [0.1, 0.15) is 76.7 Å². The van der Waals surface area contributed by atoms with Crippen LogP contribution < -0.4 is 11.1 Å². The van der Waals surface area contributed by atoms with Crippen molar-refractivity contribution in [2.75, 3.05) is 17.7 Å². The van der Waals surface area contributed by atoms with E-state index in [1.807, 2.05) is 30.3 Å². The van der Waals surface area contributed by atoms with Crippen LogP contribution in [0.15, 0.2) is 36.4 Å². The van der Waals surface area contributed by atoms with Crippen molar-refractivity contribution in [3.8, 4) is 11.1 Å². The molecule has 0 saturated heterocycles. The number of amides is 1. The molecule has 3 aromatic heterocycles. The number of rotatable bonds is 5. The molecule has 0 fully saturated rings. The molecule has 1 amide bonds. The van der Waals surface area contributed by atoms with Gasteiger partial charge in [-0.05, 0) is 55.4 Å². The highest BCUT2D eigenvalue weighted by Crippen LogP contribution is 2.43. The van der Waals surface area contributed by atoms with Gasteiger partial charge in [-0.3, -0.25) is 4.79 Å². The Kier molecular flexibility index (Phi) is 6.81. The smallest absolute Gasteiger partial charge is 0.341 e. The predicted molar refractivity (Wildman–Crippen MR) is 153 cm³/mol. The molecule has 37 heavy (non-hydrogen) atoms. The highest BCUT2D eigenvalue weighted by molar-refractivity contribution is 7.21. The molecule has 0 spiro atoms. The van der Waals surface area contributed by atoms with E-state index < -0.39 is 0 Å². The van der Waals surface area contributed by atoms with Crippen molar-refractivity contribution >= 4 is 55.5 Å². The lowest BCUT2D eigenvalue weighted by atomic mass is 9.89. The average Bonchev–Trinajstić information content (AvgIpc) is 3.41. The number of nitrogens with one attached hydrogen (secondary N) is 1. The molecule has 1 aromatic carbocycles. The topological polar surface area (TPSA) is 94.3 Å². The van der Waals surface area contributed by atoms with Crippen LogP contribution in [0, 0.1) is 0 Å². The first kappa shape index (κ1) is 25.4. The third-order valence-electron chi connectivity index (χ3n) is 6.64. The molecule has 5 rings (SSSR count). The molecule has 3 heterocycles. The van der Waals surface area contributed by atoms with Crippen molar-refractivity contribution in [1.29, 1.82) is 0 Å². The zero-order valence-corrected chi connectivity index (χ0v) is 23.2. The first-order chi connectivity index (χ1) is 17.7. The maximum atomic E-state index is 13.6. The third kappa shape index (κ3) is 4.76. The van der Waals surface area contributed by atoms with Gasteiger partial charge in [0.05, 0.1) is 17.9 Å². The van der Waals surface area contributed by atoms with Crippen molar-refractivity contribution in [2.24, 2.45) is 0 Å². The van der Waals surface area contributed by atoms with E-state index in [1.54, 1.807) is 6.92 Å². The summed E-state index contributed by atoms with van der Waals surface area (Å²) in [5, 5.41) is 4.33. The molecule has 0 atom stereocenters. The highest BCUT2D eigenvalue weighted by Gasteiger charge is 2.29. The number of aromatic nitrogens is 1. The fourth-order valence-electron chi connectivity index (χ4n) is 4.75. The first-order valence-corrected chi connectivity index (χ1v) is 14.2. The fraction of sp³-hybridized carbons (Fsp3) is 0.345. The zero-order valence-electron chi connectivity index (χ0n) is 21.6. The number of nitrogen functional groups attached to an aromatic ring is 1. The van der Waals surface area contributed by atoms with Crippen molar-refractivity contribution in [3.63, 3.8) is 0 Å². The number of benzene rings is 1. The summed E-state index contributed by atoms with van der Waals surface area (Å²) in [5.74, 6) is -0.717. The summed E-state index contributed by atoms with van der Waals surface area (Å²) < 4.78 is 5.35. The summed E-state index contributed by atoms with van der Waals surface area (Å²) in [6.45, 7) is 8.43. The van der Waals surface area contributed by atoms with E-state index in [1.165, 1.54) is 22.7 Å². The van der Waals surface area contributed by atoms with E-state index >= 15 is 0 Å². The van der Waals surface area contributed by atoms with Gasteiger partial charge in [0.25, 0.3) is 5.91 Å². The Bertz CT molecular complexity index is 1500. The molecule has 0 unspecified atom stereocenters. The molecule has 0 aliphatic heterocycles. The molecule has 1 aliphatic rings. The Morgan fingerprint density at radius 3 is 2.54 bits per heavy atom. The average molecular weight is 534 g/mol. The molecule has 0 radical (unpaired) electrons. The normalized spacial score (nSPS) is 13.4. The van der Waals surface area contributed by atoms with Crippen LogP contribution in [0.3, 0.4) is 0 Å². The van der Waals surface area contributed by atoms with Gasteiger partial charge in [0.2, 0.25) is 0 Å². The van der Waals surface area contributed by atoms with Gasteiger partial charge >= 0.3 is 5.97 Å².